The predicted octanol–water partition coefficient (Wildman–Crippen LogP) is 2.50. The van der Waals surface area contributed by atoms with Crippen molar-refractivity contribution < 1.29 is 4.79 Å². The van der Waals surface area contributed by atoms with Crippen LogP contribution in [-0.2, 0) is 4.79 Å². The number of rotatable bonds is 5. The van der Waals surface area contributed by atoms with Gasteiger partial charge in [0.15, 0.2) is 0 Å². The Morgan fingerprint density at radius 2 is 1.85 bits per heavy atom. The van der Waals surface area contributed by atoms with Crippen LogP contribution in [-0.4, -0.2) is 35.9 Å². The van der Waals surface area contributed by atoms with E-state index in [2.05, 4.69) is 25.9 Å². The lowest BCUT2D eigenvalue weighted by molar-refractivity contribution is -0.111. The van der Waals surface area contributed by atoms with Gasteiger partial charge >= 0.3 is 0 Å². The van der Waals surface area contributed by atoms with Crippen molar-refractivity contribution in [1.82, 2.24) is 30.0 Å². The number of aromatic nitrogens is 6. The van der Waals surface area contributed by atoms with Gasteiger partial charge in [-0.3, -0.25) is 4.79 Å². The molecule has 2 heterocycles. The van der Waals surface area contributed by atoms with Crippen LogP contribution in [0.2, 0.25) is 0 Å². The summed E-state index contributed by atoms with van der Waals surface area (Å²) in [5.41, 5.74) is 3.20. The summed E-state index contributed by atoms with van der Waals surface area (Å²) in [5.74, 6) is -0.240. The molecule has 0 fully saturated rings. The van der Waals surface area contributed by atoms with Gasteiger partial charge in [0.25, 0.3) is 0 Å². The normalized spacial score (nSPS) is 11.0. The van der Waals surface area contributed by atoms with Crippen LogP contribution in [0.1, 0.15) is 5.56 Å². The first-order valence-corrected chi connectivity index (χ1v) is 8.20. The zero-order valence-corrected chi connectivity index (χ0v) is 14.2. The van der Waals surface area contributed by atoms with Crippen molar-refractivity contribution in [2.45, 2.75) is 0 Å². The minimum Gasteiger partial charge on any atom is -0.322 e. The zero-order valence-electron chi connectivity index (χ0n) is 14.2. The number of benzene rings is 2. The van der Waals surface area contributed by atoms with Crippen LogP contribution >= 0.6 is 0 Å². The second-order valence-corrected chi connectivity index (χ2v) is 5.68. The molecule has 27 heavy (non-hydrogen) atoms. The quantitative estimate of drug-likeness (QED) is 0.554. The van der Waals surface area contributed by atoms with Crippen molar-refractivity contribution in [2.75, 3.05) is 5.32 Å². The molecular weight excluding hydrogens is 342 g/mol. The molecule has 0 atom stereocenters. The van der Waals surface area contributed by atoms with E-state index in [0.29, 0.717) is 5.69 Å². The highest BCUT2D eigenvalue weighted by Crippen LogP contribution is 2.14. The number of anilines is 1. The van der Waals surface area contributed by atoms with Crippen molar-refractivity contribution in [2.24, 2.45) is 0 Å². The molecule has 4 aromatic rings. The smallest absolute Gasteiger partial charge is 0.248 e. The Morgan fingerprint density at radius 1 is 1.00 bits per heavy atom. The molecule has 0 aliphatic heterocycles. The molecule has 2 aromatic carbocycles. The number of amides is 1. The Balaban J connectivity index is 1.43. The Hall–Kier alpha value is -4.07. The minimum absolute atomic E-state index is 0.240. The maximum Gasteiger partial charge on any atom is 0.248 e. The molecule has 0 bridgehead atoms. The average Bonchev–Trinajstić information content (AvgIpc) is 3.40. The lowest BCUT2D eigenvalue weighted by Gasteiger charge is -2.04. The minimum atomic E-state index is -0.240. The molecule has 0 aliphatic carbocycles. The third-order valence-corrected chi connectivity index (χ3v) is 3.78. The summed E-state index contributed by atoms with van der Waals surface area (Å²) in [6, 6.07) is 17.0. The van der Waals surface area contributed by atoms with Crippen LogP contribution in [0.4, 0.5) is 5.69 Å². The highest BCUT2D eigenvalue weighted by Gasteiger charge is 2.03. The van der Waals surface area contributed by atoms with E-state index in [-0.39, 0.29) is 5.91 Å². The van der Waals surface area contributed by atoms with E-state index in [0.717, 1.165) is 16.9 Å². The summed E-state index contributed by atoms with van der Waals surface area (Å²) in [6.07, 6.45) is 8.24. The number of carbonyl (C=O) groups is 1. The number of para-hydroxylation sites is 1. The molecule has 0 saturated carbocycles. The van der Waals surface area contributed by atoms with E-state index in [9.17, 15) is 4.79 Å². The van der Waals surface area contributed by atoms with Crippen LogP contribution in [0.15, 0.2) is 79.4 Å². The first-order chi connectivity index (χ1) is 13.3. The summed E-state index contributed by atoms with van der Waals surface area (Å²) >= 11 is 0. The van der Waals surface area contributed by atoms with E-state index in [4.69, 9.17) is 0 Å². The maximum absolute atomic E-state index is 12.2. The van der Waals surface area contributed by atoms with Gasteiger partial charge in [0.05, 0.1) is 17.6 Å². The van der Waals surface area contributed by atoms with Crippen LogP contribution in [0.5, 0.6) is 0 Å². The van der Waals surface area contributed by atoms with E-state index in [1.54, 1.807) is 29.1 Å². The predicted molar refractivity (Wildman–Crippen MR) is 100 cm³/mol. The molecule has 0 unspecified atom stereocenters. The first-order valence-electron chi connectivity index (χ1n) is 8.20. The Kier molecular flexibility index (Phi) is 4.52. The van der Waals surface area contributed by atoms with Gasteiger partial charge in [-0.15, -0.1) is 5.10 Å². The van der Waals surface area contributed by atoms with E-state index in [1.807, 2.05) is 48.7 Å². The lowest BCUT2D eigenvalue weighted by atomic mass is 10.2. The summed E-state index contributed by atoms with van der Waals surface area (Å²) in [6.45, 7) is 0. The highest BCUT2D eigenvalue weighted by molar-refractivity contribution is 6.02. The van der Waals surface area contributed by atoms with Crippen molar-refractivity contribution in [3.8, 4) is 11.4 Å². The Labute approximate surface area is 154 Å². The molecule has 1 amide bonds. The summed E-state index contributed by atoms with van der Waals surface area (Å²) in [4.78, 5) is 12.2. The number of hydrogen-bond donors (Lipinski definition) is 1. The second kappa shape index (κ2) is 7.44. The van der Waals surface area contributed by atoms with E-state index < -0.39 is 0 Å². The van der Waals surface area contributed by atoms with Crippen molar-refractivity contribution >= 4 is 17.7 Å². The van der Waals surface area contributed by atoms with Gasteiger partial charge in [-0.1, -0.05) is 24.3 Å². The molecule has 0 aliphatic rings. The number of carbonyl (C=O) groups excluding carboxylic acids is 1. The van der Waals surface area contributed by atoms with Crippen LogP contribution in [0, 0.1) is 0 Å². The van der Waals surface area contributed by atoms with Crippen molar-refractivity contribution in [1.29, 1.82) is 0 Å². The molecule has 8 nitrogen and oxygen atoms in total. The van der Waals surface area contributed by atoms with Crippen LogP contribution < -0.4 is 5.32 Å². The number of nitrogens with zero attached hydrogens (tertiary/aromatic N) is 6. The maximum atomic E-state index is 12.2. The number of nitrogens with one attached hydrogen (secondary N) is 1. The summed E-state index contributed by atoms with van der Waals surface area (Å²) in [7, 11) is 0. The zero-order chi connectivity index (χ0) is 18.5. The largest absolute Gasteiger partial charge is 0.322 e. The van der Waals surface area contributed by atoms with Crippen LogP contribution in [0.25, 0.3) is 17.5 Å². The Morgan fingerprint density at radius 3 is 2.67 bits per heavy atom. The van der Waals surface area contributed by atoms with E-state index in [1.165, 1.54) is 17.1 Å². The van der Waals surface area contributed by atoms with Gasteiger partial charge in [-0.2, -0.15) is 5.10 Å². The topological polar surface area (TPSA) is 90.5 Å². The van der Waals surface area contributed by atoms with Gasteiger partial charge in [0.2, 0.25) is 5.91 Å². The molecular formula is C19H15N7O. The van der Waals surface area contributed by atoms with E-state index >= 15 is 0 Å². The standard InChI is InChI=1S/C19H15N7O/c27-19(22-16-5-4-8-18(11-16)26-14-20-23-24-26)10-9-15-12-21-25(13-15)17-6-2-1-3-7-17/h1-14H,(H,22,27)/b10-9+. The Bertz CT molecular complexity index is 1070. The summed E-state index contributed by atoms with van der Waals surface area (Å²) < 4.78 is 3.27. The fraction of sp³-hybridized carbons (Fsp3) is 0. The molecule has 0 radical (unpaired) electrons. The van der Waals surface area contributed by atoms with Gasteiger partial charge in [-0.25, -0.2) is 9.36 Å². The van der Waals surface area contributed by atoms with Gasteiger partial charge in [-0.05, 0) is 46.8 Å². The number of hydrogen-bond acceptors (Lipinski definition) is 5. The molecule has 132 valence electrons. The summed E-state index contributed by atoms with van der Waals surface area (Å²) in [5, 5.41) is 18.2. The molecule has 2 aromatic heterocycles. The third-order valence-electron chi connectivity index (χ3n) is 3.78. The van der Waals surface area contributed by atoms with Crippen molar-refractivity contribution in [3.63, 3.8) is 0 Å². The molecule has 1 N–H and O–H groups in total. The van der Waals surface area contributed by atoms with Crippen molar-refractivity contribution in [3.05, 3.63) is 85.0 Å². The third kappa shape index (κ3) is 3.96. The van der Waals surface area contributed by atoms with Gasteiger partial charge < -0.3 is 5.32 Å². The highest BCUT2D eigenvalue weighted by atomic mass is 16.1. The lowest BCUT2D eigenvalue weighted by Crippen LogP contribution is -2.08. The SMILES string of the molecule is O=C(/C=C/c1cnn(-c2ccccc2)c1)Nc1cccc(-n2cnnn2)c1. The number of tetrazole rings is 1. The van der Waals surface area contributed by atoms with Crippen LogP contribution in [0.3, 0.4) is 0 Å². The van der Waals surface area contributed by atoms with Gasteiger partial charge in [0, 0.05) is 23.5 Å². The molecule has 0 spiro atoms. The monoisotopic (exact) mass is 357 g/mol. The fourth-order valence-electron chi connectivity index (χ4n) is 2.51. The second-order valence-electron chi connectivity index (χ2n) is 5.68. The first kappa shape index (κ1) is 16.4. The fourth-order valence-corrected chi connectivity index (χ4v) is 2.51. The average molecular weight is 357 g/mol. The molecule has 0 saturated heterocycles. The molecule has 8 heteroatoms. The van der Waals surface area contributed by atoms with Gasteiger partial charge in [0.1, 0.15) is 6.33 Å². The molecule has 4 rings (SSSR count).